The number of nitrogens with one attached hydrogen (secondary N) is 1. The first-order valence-corrected chi connectivity index (χ1v) is 9.00. The Kier molecular flexibility index (Phi) is 5.85. The molecule has 1 aliphatic rings. The van der Waals surface area contributed by atoms with Gasteiger partial charge in [0.15, 0.2) is 5.13 Å². The molecule has 1 aromatic heterocycles. The molecule has 0 amide bonds. The van der Waals surface area contributed by atoms with Crippen molar-refractivity contribution in [1.82, 2.24) is 10.3 Å². The van der Waals surface area contributed by atoms with Gasteiger partial charge in [-0.15, -0.1) is 11.3 Å². The Balaban J connectivity index is 2.15. The van der Waals surface area contributed by atoms with Crippen LogP contribution in [0.25, 0.3) is 0 Å². The summed E-state index contributed by atoms with van der Waals surface area (Å²) in [7, 11) is 0. The van der Waals surface area contributed by atoms with Crippen LogP contribution in [0, 0.1) is 0 Å². The Labute approximate surface area is 127 Å². The monoisotopic (exact) mass is 295 g/mol. The van der Waals surface area contributed by atoms with Gasteiger partial charge in [-0.3, -0.25) is 0 Å². The highest BCUT2D eigenvalue weighted by Gasteiger charge is 2.31. The van der Waals surface area contributed by atoms with E-state index in [9.17, 15) is 0 Å². The Hall–Kier alpha value is -0.610. The molecule has 1 fully saturated rings. The van der Waals surface area contributed by atoms with Crippen molar-refractivity contribution < 1.29 is 0 Å². The van der Waals surface area contributed by atoms with Gasteiger partial charge in [0.1, 0.15) is 0 Å². The van der Waals surface area contributed by atoms with E-state index in [1.54, 1.807) is 0 Å². The van der Waals surface area contributed by atoms with E-state index in [0.29, 0.717) is 12.1 Å². The van der Waals surface area contributed by atoms with Crippen LogP contribution in [-0.2, 0) is 13.0 Å². The molecule has 2 atom stereocenters. The third-order valence-electron chi connectivity index (χ3n) is 4.29. The number of aromatic nitrogens is 1. The lowest BCUT2D eigenvalue weighted by Crippen LogP contribution is -2.33. The molecule has 20 heavy (non-hydrogen) atoms. The van der Waals surface area contributed by atoms with Crippen molar-refractivity contribution in [3.05, 3.63) is 10.6 Å². The van der Waals surface area contributed by atoms with E-state index in [4.69, 9.17) is 4.98 Å². The summed E-state index contributed by atoms with van der Waals surface area (Å²) in [5, 5.41) is 4.77. The van der Waals surface area contributed by atoms with Gasteiger partial charge in [0, 0.05) is 23.5 Å². The highest BCUT2D eigenvalue weighted by Crippen LogP contribution is 2.36. The number of anilines is 1. The smallest absolute Gasteiger partial charge is 0.186 e. The summed E-state index contributed by atoms with van der Waals surface area (Å²) < 4.78 is 0. The van der Waals surface area contributed by atoms with Gasteiger partial charge in [-0.2, -0.15) is 0 Å². The van der Waals surface area contributed by atoms with Gasteiger partial charge in [0.25, 0.3) is 0 Å². The number of nitrogens with zero attached hydrogens (tertiary/aromatic N) is 2. The first kappa shape index (κ1) is 15.8. The summed E-state index contributed by atoms with van der Waals surface area (Å²) in [6.07, 6.45) is 6.09. The third kappa shape index (κ3) is 3.34. The molecule has 1 saturated heterocycles. The largest absolute Gasteiger partial charge is 0.342 e. The molecule has 0 aliphatic carbocycles. The first-order valence-electron chi connectivity index (χ1n) is 8.18. The van der Waals surface area contributed by atoms with E-state index in [1.807, 2.05) is 11.3 Å². The topological polar surface area (TPSA) is 28.2 Å². The second-order valence-corrected chi connectivity index (χ2v) is 6.85. The predicted molar refractivity (Wildman–Crippen MR) is 88.7 cm³/mol. The van der Waals surface area contributed by atoms with E-state index in [2.05, 4.69) is 37.9 Å². The van der Waals surface area contributed by atoms with Gasteiger partial charge < -0.3 is 10.2 Å². The quantitative estimate of drug-likeness (QED) is 0.771. The number of hydrogen-bond acceptors (Lipinski definition) is 4. The summed E-state index contributed by atoms with van der Waals surface area (Å²) >= 11 is 1.91. The maximum absolute atomic E-state index is 4.94. The standard InChI is InChI=1S/C16H29N3S/c1-5-10-17-11-15-14(7-3)18-16(20-15)19-12(4)8-9-13(19)6-2/h12-13,17H,5-11H2,1-4H3. The van der Waals surface area contributed by atoms with Crippen molar-refractivity contribution in [3.63, 3.8) is 0 Å². The molecule has 2 unspecified atom stereocenters. The number of aryl methyl sites for hydroxylation is 1. The van der Waals surface area contributed by atoms with E-state index in [-0.39, 0.29) is 0 Å². The predicted octanol–water partition coefficient (Wildman–Crippen LogP) is 3.97. The van der Waals surface area contributed by atoms with Crippen LogP contribution in [0.1, 0.15) is 63.9 Å². The molecule has 0 bridgehead atoms. The molecule has 0 aromatic carbocycles. The van der Waals surface area contributed by atoms with Crippen LogP contribution in [0.15, 0.2) is 0 Å². The van der Waals surface area contributed by atoms with Crippen LogP contribution in [0.4, 0.5) is 5.13 Å². The van der Waals surface area contributed by atoms with Crippen molar-refractivity contribution in [2.75, 3.05) is 11.4 Å². The molecule has 2 heterocycles. The number of thiazole rings is 1. The van der Waals surface area contributed by atoms with E-state index >= 15 is 0 Å². The molecule has 114 valence electrons. The SMILES string of the molecule is CCCNCc1sc(N2C(C)CCC2CC)nc1CC. The Morgan fingerprint density at radius 1 is 1.30 bits per heavy atom. The van der Waals surface area contributed by atoms with Gasteiger partial charge in [-0.1, -0.05) is 20.8 Å². The molecule has 1 N–H and O–H groups in total. The van der Waals surface area contributed by atoms with Crippen LogP contribution in [0.5, 0.6) is 0 Å². The van der Waals surface area contributed by atoms with Crippen molar-refractivity contribution in [2.24, 2.45) is 0 Å². The Morgan fingerprint density at radius 3 is 2.75 bits per heavy atom. The van der Waals surface area contributed by atoms with Crippen LogP contribution < -0.4 is 10.2 Å². The summed E-state index contributed by atoms with van der Waals surface area (Å²) in [6.45, 7) is 11.1. The summed E-state index contributed by atoms with van der Waals surface area (Å²) in [4.78, 5) is 8.95. The molecule has 0 spiro atoms. The molecule has 2 rings (SSSR count). The molecule has 0 saturated carbocycles. The minimum Gasteiger partial charge on any atom is -0.342 e. The third-order valence-corrected chi connectivity index (χ3v) is 5.40. The lowest BCUT2D eigenvalue weighted by Gasteiger charge is -2.27. The highest BCUT2D eigenvalue weighted by molar-refractivity contribution is 7.15. The van der Waals surface area contributed by atoms with Crippen LogP contribution in [0.2, 0.25) is 0 Å². The molecule has 1 aliphatic heterocycles. The van der Waals surface area contributed by atoms with Crippen LogP contribution in [-0.4, -0.2) is 23.6 Å². The van der Waals surface area contributed by atoms with Crippen LogP contribution >= 0.6 is 11.3 Å². The number of hydrogen-bond donors (Lipinski definition) is 1. The first-order chi connectivity index (χ1) is 9.71. The number of rotatable bonds is 7. The maximum Gasteiger partial charge on any atom is 0.186 e. The second-order valence-electron chi connectivity index (χ2n) is 5.79. The van der Waals surface area contributed by atoms with Crippen molar-refractivity contribution in [1.29, 1.82) is 0 Å². The minimum atomic E-state index is 0.646. The summed E-state index contributed by atoms with van der Waals surface area (Å²) in [5.41, 5.74) is 1.29. The zero-order chi connectivity index (χ0) is 14.5. The Morgan fingerprint density at radius 2 is 2.10 bits per heavy atom. The molecule has 3 nitrogen and oxygen atoms in total. The van der Waals surface area contributed by atoms with Crippen LogP contribution in [0.3, 0.4) is 0 Å². The zero-order valence-electron chi connectivity index (χ0n) is 13.4. The van der Waals surface area contributed by atoms with Crippen molar-refractivity contribution in [2.45, 2.75) is 78.4 Å². The lowest BCUT2D eigenvalue weighted by molar-refractivity contribution is 0.625. The summed E-state index contributed by atoms with van der Waals surface area (Å²) in [5.74, 6) is 0. The van der Waals surface area contributed by atoms with E-state index in [1.165, 1.54) is 41.4 Å². The molecular weight excluding hydrogens is 266 g/mol. The fraction of sp³-hybridized carbons (Fsp3) is 0.812. The molecular formula is C16H29N3S. The fourth-order valence-corrected chi connectivity index (χ4v) is 4.38. The van der Waals surface area contributed by atoms with Crippen molar-refractivity contribution >= 4 is 16.5 Å². The fourth-order valence-electron chi connectivity index (χ4n) is 3.09. The minimum absolute atomic E-state index is 0.646. The van der Waals surface area contributed by atoms with Gasteiger partial charge >= 0.3 is 0 Å². The lowest BCUT2D eigenvalue weighted by atomic mass is 10.2. The normalized spacial score (nSPS) is 22.7. The molecule has 0 radical (unpaired) electrons. The van der Waals surface area contributed by atoms with E-state index in [0.717, 1.165) is 19.5 Å². The van der Waals surface area contributed by atoms with Crippen molar-refractivity contribution in [3.8, 4) is 0 Å². The molecule has 4 heteroatoms. The van der Waals surface area contributed by atoms with Gasteiger partial charge in [0.05, 0.1) is 5.69 Å². The van der Waals surface area contributed by atoms with Gasteiger partial charge in [-0.25, -0.2) is 4.98 Å². The average molecular weight is 295 g/mol. The van der Waals surface area contributed by atoms with Gasteiger partial charge in [-0.05, 0) is 45.6 Å². The average Bonchev–Trinajstić information content (AvgIpc) is 3.02. The maximum atomic E-state index is 4.94. The molecule has 1 aromatic rings. The second kappa shape index (κ2) is 7.41. The van der Waals surface area contributed by atoms with E-state index < -0.39 is 0 Å². The Bertz CT molecular complexity index is 416. The summed E-state index contributed by atoms with van der Waals surface area (Å²) in [6, 6.07) is 1.34. The zero-order valence-corrected chi connectivity index (χ0v) is 14.2. The van der Waals surface area contributed by atoms with Gasteiger partial charge in [0.2, 0.25) is 0 Å². The highest BCUT2D eigenvalue weighted by atomic mass is 32.1.